The average Bonchev–Trinajstić information content (AvgIpc) is 2.67. The molecule has 0 saturated carbocycles. The molecule has 0 aromatic heterocycles. The molecule has 0 aliphatic carbocycles. The Bertz CT molecular complexity index is 813. The van der Waals surface area contributed by atoms with E-state index in [-0.39, 0.29) is 23.9 Å². The monoisotopic (exact) mass is 412 g/mol. The van der Waals surface area contributed by atoms with Gasteiger partial charge < -0.3 is 24.8 Å². The standard InChI is InChI=1S/C20H23F3N2O4/c1-3-27-17-10-9-14(11-18(17)28-4-2)25-19(26)12-24-15-7-5-6-8-16(15)29-13-20(21,22)23/h5-11,24H,3-4,12-13H2,1-2H3,(H,25,26). The molecule has 0 bridgehead atoms. The van der Waals surface area contributed by atoms with E-state index in [0.717, 1.165) is 0 Å². The highest BCUT2D eigenvalue weighted by atomic mass is 19.4. The van der Waals surface area contributed by atoms with E-state index in [1.165, 1.54) is 12.1 Å². The highest BCUT2D eigenvalue weighted by molar-refractivity contribution is 5.94. The van der Waals surface area contributed by atoms with Crippen LogP contribution in [0.25, 0.3) is 0 Å². The van der Waals surface area contributed by atoms with Crippen molar-refractivity contribution in [2.75, 3.05) is 37.0 Å². The van der Waals surface area contributed by atoms with E-state index in [9.17, 15) is 18.0 Å². The summed E-state index contributed by atoms with van der Waals surface area (Å²) in [7, 11) is 0. The van der Waals surface area contributed by atoms with Gasteiger partial charge >= 0.3 is 6.18 Å². The molecule has 0 atom stereocenters. The molecule has 2 N–H and O–H groups in total. The van der Waals surface area contributed by atoms with Crippen molar-refractivity contribution in [1.29, 1.82) is 0 Å². The maximum Gasteiger partial charge on any atom is 0.422 e. The lowest BCUT2D eigenvalue weighted by Crippen LogP contribution is -2.23. The largest absolute Gasteiger partial charge is 0.490 e. The first-order valence-corrected chi connectivity index (χ1v) is 9.04. The van der Waals surface area contributed by atoms with Crippen LogP contribution in [0.15, 0.2) is 42.5 Å². The number of nitrogens with one attached hydrogen (secondary N) is 2. The topological polar surface area (TPSA) is 68.8 Å². The predicted molar refractivity (Wildman–Crippen MR) is 104 cm³/mol. The SMILES string of the molecule is CCOc1ccc(NC(=O)CNc2ccccc2OCC(F)(F)F)cc1OCC. The smallest absolute Gasteiger partial charge is 0.422 e. The van der Waals surface area contributed by atoms with Crippen LogP contribution in [-0.2, 0) is 4.79 Å². The van der Waals surface area contributed by atoms with Crippen molar-refractivity contribution < 1.29 is 32.2 Å². The number of hydrogen-bond donors (Lipinski definition) is 2. The first-order chi connectivity index (χ1) is 13.8. The first-order valence-electron chi connectivity index (χ1n) is 9.04. The highest BCUT2D eigenvalue weighted by Crippen LogP contribution is 2.31. The minimum Gasteiger partial charge on any atom is -0.490 e. The Kier molecular flexibility index (Phi) is 7.99. The van der Waals surface area contributed by atoms with Gasteiger partial charge in [0.05, 0.1) is 25.4 Å². The zero-order chi connectivity index (χ0) is 21.3. The molecular weight excluding hydrogens is 389 g/mol. The van der Waals surface area contributed by atoms with Gasteiger partial charge in [-0.15, -0.1) is 0 Å². The molecule has 29 heavy (non-hydrogen) atoms. The average molecular weight is 412 g/mol. The van der Waals surface area contributed by atoms with Gasteiger partial charge in [-0.25, -0.2) is 0 Å². The number of hydrogen-bond acceptors (Lipinski definition) is 5. The van der Waals surface area contributed by atoms with E-state index >= 15 is 0 Å². The normalized spacial score (nSPS) is 10.9. The van der Waals surface area contributed by atoms with Crippen LogP contribution in [0.2, 0.25) is 0 Å². The van der Waals surface area contributed by atoms with Gasteiger partial charge in [0, 0.05) is 11.8 Å². The van der Waals surface area contributed by atoms with Crippen LogP contribution >= 0.6 is 0 Å². The van der Waals surface area contributed by atoms with Crippen molar-refractivity contribution in [1.82, 2.24) is 0 Å². The quantitative estimate of drug-likeness (QED) is 0.602. The Morgan fingerprint density at radius 3 is 2.31 bits per heavy atom. The van der Waals surface area contributed by atoms with Gasteiger partial charge in [-0.05, 0) is 38.1 Å². The summed E-state index contributed by atoms with van der Waals surface area (Å²) in [5, 5.41) is 5.48. The molecule has 0 aliphatic rings. The number of carbonyl (C=O) groups is 1. The summed E-state index contributed by atoms with van der Waals surface area (Å²) in [4.78, 5) is 12.2. The number of benzene rings is 2. The molecule has 0 aliphatic heterocycles. The van der Waals surface area contributed by atoms with Crippen LogP contribution in [0.3, 0.4) is 0 Å². The van der Waals surface area contributed by atoms with Crippen LogP contribution in [-0.4, -0.2) is 38.4 Å². The van der Waals surface area contributed by atoms with E-state index in [4.69, 9.17) is 14.2 Å². The second kappa shape index (κ2) is 10.4. The number of alkyl halides is 3. The number of para-hydroxylation sites is 2. The van der Waals surface area contributed by atoms with Gasteiger partial charge in [-0.1, -0.05) is 12.1 Å². The van der Waals surface area contributed by atoms with Gasteiger partial charge in [0.25, 0.3) is 0 Å². The van der Waals surface area contributed by atoms with Gasteiger partial charge in [-0.3, -0.25) is 4.79 Å². The van der Waals surface area contributed by atoms with E-state index in [2.05, 4.69) is 10.6 Å². The minimum absolute atomic E-state index is 0.0114. The third-order valence-electron chi connectivity index (χ3n) is 3.54. The number of carbonyl (C=O) groups excluding carboxylic acids is 1. The number of rotatable bonds is 10. The predicted octanol–water partition coefficient (Wildman–Crippen LogP) is 4.48. The molecule has 0 heterocycles. The molecule has 0 saturated heterocycles. The van der Waals surface area contributed by atoms with Crippen LogP contribution in [0.5, 0.6) is 17.2 Å². The highest BCUT2D eigenvalue weighted by Gasteiger charge is 2.28. The number of anilines is 2. The zero-order valence-corrected chi connectivity index (χ0v) is 16.1. The second-order valence-electron chi connectivity index (χ2n) is 5.83. The van der Waals surface area contributed by atoms with Crippen LogP contribution < -0.4 is 24.8 Å². The van der Waals surface area contributed by atoms with E-state index in [0.29, 0.717) is 30.4 Å². The summed E-state index contributed by atoms with van der Waals surface area (Å²) >= 11 is 0. The molecule has 158 valence electrons. The van der Waals surface area contributed by atoms with E-state index in [1.54, 1.807) is 30.3 Å². The fraction of sp³-hybridized carbons (Fsp3) is 0.350. The van der Waals surface area contributed by atoms with Crippen molar-refractivity contribution in [2.24, 2.45) is 0 Å². The van der Waals surface area contributed by atoms with Gasteiger partial charge in [0.15, 0.2) is 18.1 Å². The summed E-state index contributed by atoms with van der Waals surface area (Å²) in [6.07, 6.45) is -4.45. The molecule has 2 aromatic carbocycles. The Labute approximate surface area is 167 Å². The molecule has 0 spiro atoms. The number of ether oxygens (including phenoxy) is 3. The Balaban J connectivity index is 1.97. The minimum atomic E-state index is -4.45. The maximum atomic E-state index is 12.4. The van der Waals surface area contributed by atoms with Crippen molar-refractivity contribution >= 4 is 17.3 Å². The van der Waals surface area contributed by atoms with Crippen LogP contribution in [0.4, 0.5) is 24.5 Å². The number of amides is 1. The molecule has 2 aromatic rings. The second-order valence-corrected chi connectivity index (χ2v) is 5.83. The zero-order valence-electron chi connectivity index (χ0n) is 16.1. The fourth-order valence-corrected chi connectivity index (χ4v) is 2.41. The van der Waals surface area contributed by atoms with Gasteiger partial charge in [-0.2, -0.15) is 13.2 Å². The third-order valence-corrected chi connectivity index (χ3v) is 3.54. The lowest BCUT2D eigenvalue weighted by Gasteiger charge is -2.15. The molecule has 0 radical (unpaired) electrons. The van der Waals surface area contributed by atoms with Crippen molar-refractivity contribution in [2.45, 2.75) is 20.0 Å². The fourth-order valence-electron chi connectivity index (χ4n) is 2.41. The summed E-state index contributed by atoms with van der Waals surface area (Å²) < 4.78 is 52.9. The van der Waals surface area contributed by atoms with Gasteiger partial charge in [0.1, 0.15) is 5.75 Å². The molecule has 1 amide bonds. The van der Waals surface area contributed by atoms with Crippen molar-refractivity contribution in [3.05, 3.63) is 42.5 Å². The molecule has 6 nitrogen and oxygen atoms in total. The van der Waals surface area contributed by atoms with Gasteiger partial charge in [0.2, 0.25) is 5.91 Å². The Hall–Kier alpha value is -3.10. The summed E-state index contributed by atoms with van der Waals surface area (Å²) in [5.41, 5.74) is 0.791. The molecular formula is C20H23F3N2O4. The summed E-state index contributed by atoms with van der Waals surface area (Å²) in [6.45, 7) is 3.03. The summed E-state index contributed by atoms with van der Waals surface area (Å²) in [6, 6.07) is 11.1. The number of halogens is 3. The Morgan fingerprint density at radius 1 is 0.931 bits per heavy atom. The molecule has 0 fully saturated rings. The van der Waals surface area contributed by atoms with Crippen LogP contribution in [0, 0.1) is 0 Å². The lowest BCUT2D eigenvalue weighted by molar-refractivity contribution is -0.153. The third kappa shape index (κ3) is 7.44. The Morgan fingerprint density at radius 2 is 1.62 bits per heavy atom. The summed E-state index contributed by atoms with van der Waals surface area (Å²) in [5.74, 6) is 0.701. The van der Waals surface area contributed by atoms with E-state index < -0.39 is 12.8 Å². The lowest BCUT2D eigenvalue weighted by atomic mass is 10.2. The first kappa shape index (κ1) is 22.2. The maximum absolute atomic E-state index is 12.4. The van der Waals surface area contributed by atoms with Crippen molar-refractivity contribution in [3.63, 3.8) is 0 Å². The van der Waals surface area contributed by atoms with Crippen molar-refractivity contribution in [3.8, 4) is 17.2 Å². The molecule has 0 unspecified atom stereocenters. The molecule has 2 rings (SSSR count). The molecule has 9 heteroatoms. The van der Waals surface area contributed by atoms with E-state index in [1.807, 2.05) is 13.8 Å². The van der Waals surface area contributed by atoms with Crippen LogP contribution in [0.1, 0.15) is 13.8 Å².